The Balaban J connectivity index is 1.66. The minimum atomic E-state index is -1.23. The molecule has 0 aliphatic carbocycles. The highest BCUT2D eigenvalue weighted by molar-refractivity contribution is 6.44. The Morgan fingerprint density at radius 2 is 2.07 bits per heavy atom. The van der Waals surface area contributed by atoms with E-state index in [0.29, 0.717) is 18.3 Å². The normalized spacial score (nSPS) is 17.4. The third-order valence-corrected chi connectivity index (χ3v) is 4.58. The number of aromatic carboxylic acids is 1. The number of likely N-dealkylation sites (tertiary alicyclic amines) is 1. The smallest absolute Gasteiger partial charge is 0.522 e. The fourth-order valence-corrected chi connectivity index (χ4v) is 3.03. The van der Waals surface area contributed by atoms with Crippen LogP contribution in [0.25, 0.3) is 0 Å². The molecule has 0 aromatic heterocycles. The van der Waals surface area contributed by atoms with Gasteiger partial charge in [0.25, 0.3) is 0 Å². The number of primary amides is 1. The molecule has 0 spiro atoms. The zero-order chi connectivity index (χ0) is 19.7. The number of aryl methyl sites for hydroxylation is 1. The number of hydrogen-bond acceptors (Lipinski definition) is 7. The summed E-state index contributed by atoms with van der Waals surface area (Å²) in [6.07, 6.45) is 0.304. The molecule has 2 aliphatic rings. The fraction of sp³-hybridized carbons (Fsp3) is 0.438. The number of hydrogen-bond donors (Lipinski definition) is 4. The van der Waals surface area contributed by atoms with E-state index in [1.54, 1.807) is 12.1 Å². The average molecular weight is 377 g/mol. The molecule has 11 heteroatoms. The van der Waals surface area contributed by atoms with E-state index in [9.17, 15) is 24.5 Å². The van der Waals surface area contributed by atoms with Gasteiger partial charge in [0.15, 0.2) is 0 Å². The lowest BCUT2D eigenvalue weighted by Gasteiger charge is -2.39. The van der Waals surface area contributed by atoms with Gasteiger partial charge in [0.1, 0.15) is 23.2 Å². The first-order chi connectivity index (χ1) is 12.8. The molecule has 6 N–H and O–H groups in total. The van der Waals surface area contributed by atoms with Crippen molar-refractivity contribution < 1.29 is 33.9 Å². The third-order valence-electron chi connectivity index (χ3n) is 4.58. The quantitative estimate of drug-likeness (QED) is 0.439. The number of nitrogens with zero attached hydrogens (tertiary/aromatic N) is 1. The maximum Gasteiger partial charge on any atom is 0.522 e. The number of ether oxygens (including phenoxy) is 1. The highest BCUT2D eigenvalue weighted by Crippen LogP contribution is 2.37. The number of nitrogens with two attached hydrogens (primary N) is 2. The van der Waals surface area contributed by atoms with E-state index in [1.807, 2.05) is 0 Å². The molecule has 2 amide bonds. The molecular weight excluding hydrogens is 357 g/mol. The van der Waals surface area contributed by atoms with E-state index < -0.39 is 31.1 Å². The Labute approximate surface area is 155 Å². The molecule has 1 fully saturated rings. The van der Waals surface area contributed by atoms with E-state index in [-0.39, 0.29) is 42.5 Å². The van der Waals surface area contributed by atoms with E-state index in [2.05, 4.69) is 0 Å². The van der Waals surface area contributed by atoms with Gasteiger partial charge in [-0.2, -0.15) is 0 Å². The van der Waals surface area contributed by atoms with Crippen LogP contribution in [0.1, 0.15) is 22.3 Å². The van der Waals surface area contributed by atoms with Crippen LogP contribution in [-0.2, 0) is 16.0 Å². The second-order valence-corrected chi connectivity index (χ2v) is 6.59. The number of carboxylic acid groups (broad SMARTS) is 1. The van der Waals surface area contributed by atoms with Gasteiger partial charge in [0.05, 0.1) is 25.6 Å². The molecule has 3 rings (SSSR count). The summed E-state index contributed by atoms with van der Waals surface area (Å²) in [6, 6.07) is 2.22. The van der Waals surface area contributed by atoms with Crippen molar-refractivity contribution in [3.05, 3.63) is 23.3 Å². The van der Waals surface area contributed by atoms with E-state index in [4.69, 9.17) is 20.9 Å². The van der Waals surface area contributed by atoms with Crippen LogP contribution < -0.4 is 20.9 Å². The number of rotatable bonds is 6. The van der Waals surface area contributed by atoms with Crippen molar-refractivity contribution in [1.82, 2.24) is 4.90 Å². The average Bonchev–Trinajstić information content (AvgIpc) is 2.56. The van der Waals surface area contributed by atoms with Crippen molar-refractivity contribution in [2.24, 2.45) is 11.5 Å². The lowest BCUT2D eigenvalue weighted by Crippen LogP contribution is -2.57. The Morgan fingerprint density at radius 1 is 1.37 bits per heavy atom. The maximum absolute atomic E-state index is 12.0. The predicted octanol–water partition coefficient (Wildman–Crippen LogP) is -1.41. The van der Waals surface area contributed by atoms with E-state index in [1.165, 1.54) is 4.90 Å². The van der Waals surface area contributed by atoms with Crippen LogP contribution in [0.15, 0.2) is 12.1 Å². The summed E-state index contributed by atoms with van der Waals surface area (Å²) in [5.41, 5.74) is 11.1. The van der Waals surface area contributed by atoms with Crippen LogP contribution in [0.5, 0.6) is 11.5 Å². The van der Waals surface area contributed by atoms with Crippen LogP contribution in [0.4, 0.5) is 0 Å². The Bertz CT molecular complexity index is 782. The highest BCUT2D eigenvalue weighted by Gasteiger charge is 2.36. The lowest BCUT2D eigenvalue weighted by molar-refractivity contribution is -0.141. The van der Waals surface area contributed by atoms with Gasteiger partial charge in [-0.1, -0.05) is 6.07 Å². The second kappa shape index (κ2) is 7.45. The zero-order valence-corrected chi connectivity index (χ0v) is 14.5. The van der Waals surface area contributed by atoms with Crippen LogP contribution in [0, 0.1) is 0 Å². The van der Waals surface area contributed by atoms with Gasteiger partial charge in [-0.05, 0) is 24.4 Å². The minimum absolute atomic E-state index is 0.110. The van der Waals surface area contributed by atoms with Gasteiger partial charge in [0.2, 0.25) is 11.8 Å². The molecular formula is C16H20BN3O7. The van der Waals surface area contributed by atoms with E-state index in [0.717, 1.165) is 0 Å². The summed E-state index contributed by atoms with van der Waals surface area (Å²) in [5.74, 6) is -2.08. The standard InChI is InChI=1S/C16H20BN3O7/c18-10(15(19)22)5-12(21)20-6-9(7-20)26-11-2-1-8-3-4-17(25)27-14(8)13(11)16(23)24/h1-2,9-10,25H,3-7,18H2,(H2,19,22)(H,23,24)/t10-/m0/s1. The van der Waals surface area contributed by atoms with Crippen molar-refractivity contribution in [3.63, 3.8) is 0 Å². The molecule has 2 heterocycles. The number of carboxylic acids is 1. The van der Waals surface area contributed by atoms with Crippen molar-refractivity contribution in [3.8, 4) is 11.5 Å². The topological polar surface area (TPSA) is 165 Å². The molecule has 1 atom stereocenters. The van der Waals surface area contributed by atoms with Crippen molar-refractivity contribution >= 4 is 24.9 Å². The number of amides is 2. The molecule has 2 aliphatic heterocycles. The molecule has 27 heavy (non-hydrogen) atoms. The molecule has 10 nitrogen and oxygen atoms in total. The van der Waals surface area contributed by atoms with E-state index >= 15 is 0 Å². The molecule has 1 aromatic rings. The summed E-state index contributed by atoms with van der Waals surface area (Å²) >= 11 is 0. The Kier molecular flexibility index (Phi) is 5.24. The van der Waals surface area contributed by atoms with Crippen LogP contribution in [0.2, 0.25) is 6.32 Å². The highest BCUT2D eigenvalue weighted by atomic mass is 16.5. The van der Waals surface area contributed by atoms with Gasteiger partial charge < -0.3 is 35.9 Å². The molecule has 144 valence electrons. The second-order valence-electron chi connectivity index (χ2n) is 6.59. The summed E-state index contributed by atoms with van der Waals surface area (Å²) in [4.78, 5) is 36.0. The molecule has 0 radical (unpaired) electrons. The first-order valence-electron chi connectivity index (χ1n) is 8.49. The number of benzene rings is 1. The molecule has 0 unspecified atom stereocenters. The largest absolute Gasteiger partial charge is 0.535 e. The maximum atomic E-state index is 12.0. The summed E-state index contributed by atoms with van der Waals surface area (Å²) in [7, 11) is -1.06. The van der Waals surface area contributed by atoms with Gasteiger partial charge >= 0.3 is 13.1 Å². The molecule has 0 bridgehead atoms. The van der Waals surface area contributed by atoms with Gasteiger partial charge in [-0.25, -0.2) is 4.79 Å². The Morgan fingerprint density at radius 3 is 2.70 bits per heavy atom. The number of carbonyl (C=O) groups excluding carboxylic acids is 2. The van der Waals surface area contributed by atoms with Crippen LogP contribution in [0.3, 0.4) is 0 Å². The SMILES string of the molecule is NC(=O)[C@@H](N)CC(=O)N1CC(Oc2ccc3c(c2C(=O)O)OB(O)CC3)C1. The van der Waals surface area contributed by atoms with Crippen LogP contribution in [-0.4, -0.2) is 65.2 Å². The van der Waals surface area contributed by atoms with Gasteiger partial charge in [-0.15, -0.1) is 0 Å². The monoisotopic (exact) mass is 377 g/mol. The summed E-state index contributed by atoms with van der Waals surface area (Å²) < 4.78 is 11.0. The molecule has 0 saturated carbocycles. The zero-order valence-electron chi connectivity index (χ0n) is 14.5. The summed E-state index contributed by atoms with van der Waals surface area (Å²) in [5, 5.41) is 19.2. The number of fused-ring (bicyclic) bond motifs is 1. The predicted molar refractivity (Wildman–Crippen MR) is 93.3 cm³/mol. The first kappa shape index (κ1) is 19.0. The third kappa shape index (κ3) is 3.98. The minimum Gasteiger partial charge on any atom is -0.535 e. The fourth-order valence-electron chi connectivity index (χ4n) is 3.03. The molecule has 1 saturated heterocycles. The lowest BCUT2D eigenvalue weighted by atomic mass is 9.78. The summed E-state index contributed by atoms with van der Waals surface area (Å²) in [6.45, 7) is 0.480. The van der Waals surface area contributed by atoms with Crippen LogP contribution >= 0.6 is 0 Å². The number of carbonyl (C=O) groups is 3. The van der Waals surface area contributed by atoms with Gasteiger partial charge in [-0.3, -0.25) is 9.59 Å². The Hall–Kier alpha value is -2.79. The van der Waals surface area contributed by atoms with Crippen molar-refractivity contribution in [1.29, 1.82) is 0 Å². The first-order valence-corrected chi connectivity index (χ1v) is 8.49. The van der Waals surface area contributed by atoms with Crippen molar-refractivity contribution in [2.45, 2.75) is 31.3 Å². The molecule has 1 aromatic carbocycles. The van der Waals surface area contributed by atoms with Crippen molar-refractivity contribution in [2.75, 3.05) is 13.1 Å². The van der Waals surface area contributed by atoms with Gasteiger partial charge in [0, 0.05) is 0 Å².